The summed E-state index contributed by atoms with van der Waals surface area (Å²) in [4.78, 5) is 29.0. The highest BCUT2D eigenvalue weighted by Gasteiger charge is 2.43. The van der Waals surface area contributed by atoms with Gasteiger partial charge in [0.15, 0.2) is 11.5 Å². The number of rotatable bonds is 6. The summed E-state index contributed by atoms with van der Waals surface area (Å²) < 4.78 is 17.2. The summed E-state index contributed by atoms with van der Waals surface area (Å²) >= 11 is 3.46. The Bertz CT molecular complexity index is 1280. The molecule has 0 unspecified atom stereocenters. The molecule has 7 nitrogen and oxygen atoms in total. The van der Waals surface area contributed by atoms with Gasteiger partial charge in [0.25, 0.3) is 5.91 Å². The molecule has 1 N–H and O–H groups in total. The van der Waals surface area contributed by atoms with Crippen LogP contribution in [0.4, 0.5) is 5.69 Å². The predicted octanol–water partition coefficient (Wildman–Crippen LogP) is 5.33. The lowest BCUT2D eigenvalue weighted by Gasteiger charge is -2.40. The molecule has 0 fully saturated rings. The molecule has 1 aliphatic heterocycles. The largest absolute Gasteiger partial charge is 0.497 e. The van der Waals surface area contributed by atoms with Crippen molar-refractivity contribution < 1.29 is 23.8 Å². The minimum absolute atomic E-state index is 0.203. The molecular formula is C27H27BrN2O5. The molecule has 1 aliphatic rings. The highest BCUT2D eigenvalue weighted by atomic mass is 79.9. The van der Waals surface area contributed by atoms with Crippen molar-refractivity contribution in [2.24, 2.45) is 0 Å². The van der Waals surface area contributed by atoms with Gasteiger partial charge in [-0.05, 0) is 66.1 Å². The highest BCUT2D eigenvalue weighted by molar-refractivity contribution is 9.10. The van der Waals surface area contributed by atoms with Crippen molar-refractivity contribution in [3.63, 3.8) is 0 Å². The van der Waals surface area contributed by atoms with Gasteiger partial charge < -0.3 is 24.4 Å². The molecule has 0 aliphatic carbocycles. The van der Waals surface area contributed by atoms with Crippen LogP contribution < -0.4 is 19.5 Å². The summed E-state index contributed by atoms with van der Waals surface area (Å²) in [5.74, 6) is 0.434. The Morgan fingerprint density at radius 3 is 2.20 bits per heavy atom. The van der Waals surface area contributed by atoms with Crippen molar-refractivity contribution >= 4 is 33.4 Å². The SMILES string of the molecule is COc1ccc([C@@H]2[C@H](C(=O)Nc3ccc(Br)cc3C)c3cc(OC)c(OC)cc3C(=O)N2C)cc1. The lowest BCUT2D eigenvalue weighted by molar-refractivity contribution is -0.119. The van der Waals surface area contributed by atoms with Gasteiger partial charge >= 0.3 is 0 Å². The topological polar surface area (TPSA) is 77.1 Å². The second kappa shape index (κ2) is 10.00. The number of hydrogen-bond donors (Lipinski definition) is 1. The van der Waals surface area contributed by atoms with E-state index >= 15 is 0 Å². The maximum absolute atomic E-state index is 13.9. The van der Waals surface area contributed by atoms with Crippen LogP contribution in [0.3, 0.4) is 0 Å². The first kappa shape index (κ1) is 24.6. The minimum Gasteiger partial charge on any atom is -0.497 e. The van der Waals surface area contributed by atoms with Gasteiger partial charge in [-0.2, -0.15) is 0 Å². The summed E-state index contributed by atoms with van der Waals surface area (Å²) in [7, 11) is 6.35. The number of amides is 2. The fraction of sp³-hybridized carbons (Fsp3) is 0.259. The Hall–Kier alpha value is -3.52. The van der Waals surface area contributed by atoms with Crippen LogP contribution in [0.2, 0.25) is 0 Å². The number of nitrogens with one attached hydrogen (secondary N) is 1. The molecule has 0 radical (unpaired) electrons. The van der Waals surface area contributed by atoms with Crippen LogP contribution in [0.5, 0.6) is 17.2 Å². The Labute approximate surface area is 213 Å². The van der Waals surface area contributed by atoms with Crippen molar-refractivity contribution in [3.8, 4) is 17.2 Å². The number of likely N-dealkylation sites (N-methyl/N-ethyl adjacent to an activating group) is 1. The van der Waals surface area contributed by atoms with Gasteiger partial charge in [-0.15, -0.1) is 0 Å². The van der Waals surface area contributed by atoms with E-state index in [2.05, 4.69) is 21.2 Å². The van der Waals surface area contributed by atoms with Crippen molar-refractivity contribution in [1.29, 1.82) is 0 Å². The Morgan fingerprint density at radius 1 is 0.943 bits per heavy atom. The fourth-order valence-electron chi connectivity index (χ4n) is 4.53. The van der Waals surface area contributed by atoms with Crippen LogP contribution >= 0.6 is 15.9 Å². The van der Waals surface area contributed by atoms with Crippen molar-refractivity contribution in [3.05, 3.63) is 81.3 Å². The van der Waals surface area contributed by atoms with Gasteiger partial charge in [0.2, 0.25) is 5.91 Å². The maximum Gasteiger partial charge on any atom is 0.254 e. The van der Waals surface area contributed by atoms with Crippen LogP contribution in [0.15, 0.2) is 59.1 Å². The summed E-state index contributed by atoms with van der Waals surface area (Å²) in [6.45, 7) is 1.93. The molecule has 0 saturated carbocycles. The lowest BCUT2D eigenvalue weighted by atomic mass is 9.79. The van der Waals surface area contributed by atoms with Crippen LogP contribution in [-0.4, -0.2) is 45.1 Å². The molecule has 0 saturated heterocycles. The third-order valence-corrected chi connectivity index (χ3v) is 6.85. The second-order valence-electron chi connectivity index (χ2n) is 8.35. The molecule has 8 heteroatoms. The molecule has 1 heterocycles. The highest BCUT2D eigenvalue weighted by Crippen LogP contribution is 2.46. The molecule has 0 bridgehead atoms. The maximum atomic E-state index is 13.9. The summed E-state index contributed by atoms with van der Waals surface area (Å²) in [5, 5.41) is 3.08. The zero-order chi connectivity index (χ0) is 25.3. The zero-order valence-corrected chi connectivity index (χ0v) is 21.8. The smallest absolute Gasteiger partial charge is 0.254 e. The molecule has 0 aromatic heterocycles. The van der Waals surface area contributed by atoms with Crippen LogP contribution in [0.25, 0.3) is 0 Å². The second-order valence-corrected chi connectivity index (χ2v) is 9.27. The van der Waals surface area contributed by atoms with E-state index in [-0.39, 0.29) is 11.8 Å². The molecule has 35 heavy (non-hydrogen) atoms. The number of benzene rings is 3. The monoisotopic (exact) mass is 538 g/mol. The van der Waals surface area contributed by atoms with E-state index in [1.54, 1.807) is 31.2 Å². The molecule has 2 amide bonds. The molecule has 0 spiro atoms. The predicted molar refractivity (Wildman–Crippen MR) is 138 cm³/mol. The van der Waals surface area contributed by atoms with Gasteiger partial charge in [-0.25, -0.2) is 0 Å². The first-order chi connectivity index (χ1) is 16.8. The Kier molecular flexibility index (Phi) is 7.03. The third kappa shape index (κ3) is 4.58. The third-order valence-electron chi connectivity index (χ3n) is 6.36. The molecule has 3 aromatic rings. The number of aryl methyl sites for hydroxylation is 1. The van der Waals surface area contributed by atoms with Gasteiger partial charge in [0.1, 0.15) is 5.75 Å². The summed E-state index contributed by atoms with van der Waals surface area (Å²) in [5.41, 5.74) is 3.42. The van der Waals surface area contributed by atoms with Crippen molar-refractivity contribution in [2.75, 3.05) is 33.7 Å². The van der Waals surface area contributed by atoms with Crippen LogP contribution in [0.1, 0.15) is 39.0 Å². The Balaban J connectivity index is 1.87. The van der Waals surface area contributed by atoms with Gasteiger partial charge in [0, 0.05) is 22.8 Å². The fourth-order valence-corrected chi connectivity index (χ4v) is 5.00. The standard InChI is InChI=1S/C27H27BrN2O5/c1-15-12-17(28)8-11-21(15)29-26(31)24-19-13-22(34-4)23(35-5)14-20(19)27(32)30(2)25(24)16-6-9-18(33-3)10-7-16/h6-14,24-25H,1-5H3,(H,29,31)/t24-,25-/m1/s1. The van der Waals surface area contributed by atoms with E-state index in [0.717, 1.165) is 15.6 Å². The van der Waals surface area contributed by atoms with E-state index in [1.165, 1.54) is 14.2 Å². The van der Waals surface area contributed by atoms with Gasteiger partial charge in [-0.3, -0.25) is 9.59 Å². The van der Waals surface area contributed by atoms with E-state index in [0.29, 0.717) is 34.1 Å². The molecule has 3 aromatic carbocycles. The first-order valence-corrected chi connectivity index (χ1v) is 11.8. The lowest BCUT2D eigenvalue weighted by Crippen LogP contribution is -2.44. The van der Waals surface area contributed by atoms with E-state index in [4.69, 9.17) is 14.2 Å². The number of carbonyl (C=O) groups is 2. The number of fused-ring (bicyclic) bond motifs is 1. The Morgan fingerprint density at radius 2 is 1.60 bits per heavy atom. The quantitative estimate of drug-likeness (QED) is 0.458. The number of anilines is 1. The number of hydrogen-bond acceptors (Lipinski definition) is 5. The number of methoxy groups -OCH3 is 3. The molecule has 182 valence electrons. The summed E-state index contributed by atoms with van der Waals surface area (Å²) in [6, 6.07) is 15.9. The number of nitrogens with zero attached hydrogens (tertiary/aromatic N) is 1. The average molecular weight is 539 g/mol. The average Bonchev–Trinajstić information content (AvgIpc) is 2.86. The molecule has 4 rings (SSSR count). The first-order valence-electron chi connectivity index (χ1n) is 11.0. The van der Waals surface area contributed by atoms with Crippen molar-refractivity contribution in [2.45, 2.75) is 18.9 Å². The van der Waals surface area contributed by atoms with Crippen LogP contribution in [-0.2, 0) is 4.79 Å². The normalized spacial score (nSPS) is 17.0. The van der Waals surface area contributed by atoms with Crippen LogP contribution in [0, 0.1) is 6.92 Å². The molecular weight excluding hydrogens is 512 g/mol. The van der Waals surface area contributed by atoms with Gasteiger partial charge in [-0.1, -0.05) is 28.1 Å². The molecule has 2 atom stereocenters. The number of carbonyl (C=O) groups excluding carboxylic acids is 2. The number of halogens is 1. The van der Waals surface area contributed by atoms with Gasteiger partial charge in [0.05, 0.1) is 33.3 Å². The zero-order valence-electron chi connectivity index (χ0n) is 20.2. The van der Waals surface area contributed by atoms with E-state index in [9.17, 15) is 9.59 Å². The minimum atomic E-state index is -0.705. The number of ether oxygens (including phenoxy) is 3. The van der Waals surface area contributed by atoms with Crippen molar-refractivity contribution in [1.82, 2.24) is 4.90 Å². The van der Waals surface area contributed by atoms with E-state index < -0.39 is 12.0 Å². The van der Waals surface area contributed by atoms with E-state index in [1.807, 2.05) is 49.4 Å². The summed E-state index contributed by atoms with van der Waals surface area (Å²) in [6.07, 6.45) is 0.